The summed E-state index contributed by atoms with van der Waals surface area (Å²) in [6.45, 7) is 1.96. The Kier molecular flexibility index (Phi) is 3.01. The van der Waals surface area contributed by atoms with Crippen LogP contribution in [0.15, 0.2) is 12.1 Å². The zero-order chi connectivity index (χ0) is 8.43. The fourth-order valence-corrected chi connectivity index (χ4v) is 1.82. The van der Waals surface area contributed by atoms with Gasteiger partial charge < -0.3 is 4.74 Å². The van der Waals surface area contributed by atoms with Crippen molar-refractivity contribution in [1.82, 2.24) is 0 Å². The molecule has 0 unspecified atom stereocenters. The number of halogens is 2. The first-order valence-electron chi connectivity index (χ1n) is 3.15. The van der Waals surface area contributed by atoms with Gasteiger partial charge in [-0.1, -0.05) is 11.6 Å². The van der Waals surface area contributed by atoms with E-state index in [4.69, 9.17) is 16.3 Å². The maximum atomic E-state index is 5.88. The fourth-order valence-electron chi connectivity index (χ4n) is 0.787. The molecule has 0 atom stereocenters. The van der Waals surface area contributed by atoms with Gasteiger partial charge in [0.15, 0.2) is 0 Å². The molecule has 0 fully saturated rings. The molecule has 0 aliphatic heterocycles. The Bertz CT molecular complexity index is 273. The third-order valence-corrected chi connectivity index (χ3v) is 2.68. The van der Waals surface area contributed by atoms with Crippen molar-refractivity contribution in [2.24, 2.45) is 0 Å². The van der Waals surface area contributed by atoms with Gasteiger partial charge in [0.25, 0.3) is 0 Å². The Morgan fingerprint density at radius 1 is 1.45 bits per heavy atom. The molecule has 0 aromatic heterocycles. The van der Waals surface area contributed by atoms with E-state index in [0.29, 0.717) is 0 Å². The van der Waals surface area contributed by atoms with Crippen LogP contribution in [0, 0.1) is 10.5 Å². The number of hydrogen-bond donors (Lipinski definition) is 0. The molecule has 0 heterocycles. The molecule has 1 aromatic rings. The Morgan fingerprint density at radius 3 is 2.64 bits per heavy atom. The van der Waals surface area contributed by atoms with E-state index < -0.39 is 0 Å². The fraction of sp³-hybridized carbons (Fsp3) is 0.250. The number of ether oxygens (including phenoxy) is 1. The molecule has 0 spiro atoms. The van der Waals surface area contributed by atoms with E-state index in [1.54, 1.807) is 7.11 Å². The molecule has 1 rings (SSSR count). The van der Waals surface area contributed by atoms with E-state index in [1.165, 1.54) is 0 Å². The molecule has 3 heteroatoms. The minimum atomic E-state index is 0.787. The zero-order valence-electron chi connectivity index (χ0n) is 6.32. The van der Waals surface area contributed by atoms with Gasteiger partial charge in [0.1, 0.15) is 5.75 Å². The van der Waals surface area contributed by atoms with E-state index in [2.05, 4.69) is 22.6 Å². The molecule has 0 saturated carbocycles. The highest BCUT2D eigenvalue weighted by Crippen LogP contribution is 2.27. The lowest BCUT2D eigenvalue weighted by molar-refractivity contribution is 0.411. The van der Waals surface area contributed by atoms with Crippen molar-refractivity contribution in [2.75, 3.05) is 7.11 Å². The normalized spacial score (nSPS) is 9.82. The predicted molar refractivity (Wildman–Crippen MR) is 55.5 cm³/mol. The number of methoxy groups -OCH3 is 1. The Labute approximate surface area is 84.8 Å². The van der Waals surface area contributed by atoms with Crippen LogP contribution in [0.2, 0.25) is 5.02 Å². The van der Waals surface area contributed by atoms with Crippen molar-refractivity contribution in [1.29, 1.82) is 0 Å². The first-order chi connectivity index (χ1) is 5.15. The monoisotopic (exact) mass is 282 g/mol. The standard InChI is InChI=1S/C8H8ClIO/c1-5-3-8(11-2)7(10)4-6(5)9/h3-4H,1-2H3. The van der Waals surface area contributed by atoms with Crippen molar-refractivity contribution >= 4 is 34.2 Å². The Balaban J connectivity index is 3.21. The summed E-state index contributed by atoms with van der Waals surface area (Å²) in [5, 5.41) is 0.787. The van der Waals surface area contributed by atoms with Crippen LogP contribution in [0.25, 0.3) is 0 Å². The molecule has 0 N–H and O–H groups in total. The summed E-state index contributed by atoms with van der Waals surface area (Å²) in [7, 11) is 1.66. The van der Waals surface area contributed by atoms with Gasteiger partial charge in [-0.2, -0.15) is 0 Å². The van der Waals surface area contributed by atoms with Gasteiger partial charge in [-0.3, -0.25) is 0 Å². The average molecular weight is 283 g/mol. The van der Waals surface area contributed by atoms with Crippen LogP contribution in [-0.2, 0) is 0 Å². The van der Waals surface area contributed by atoms with E-state index >= 15 is 0 Å². The second kappa shape index (κ2) is 3.63. The lowest BCUT2D eigenvalue weighted by Crippen LogP contribution is -1.88. The summed E-state index contributed by atoms with van der Waals surface area (Å²) < 4.78 is 6.16. The molecular formula is C8H8ClIO. The molecule has 0 radical (unpaired) electrons. The number of rotatable bonds is 1. The topological polar surface area (TPSA) is 9.23 Å². The molecule has 0 aliphatic rings. The molecular weight excluding hydrogens is 274 g/mol. The van der Waals surface area contributed by atoms with E-state index in [1.807, 2.05) is 19.1 Å². The van der Waals surface area contributed by atoms with Gasteiger partial charge >= 0.3 is 0 Å². The maximum absolute atomic E-state index is 5.88. The van der Waals surface area contributed by atoms with Gasteiger partial charge in [-0.25, -0.2) is 0 Å². The molecule has 1 nitrogen and oxygen atoms in total. The van der Waals surface area contributed by atoms with Gasteiger partial charge in [-0.15, -0.1) is 0 Å². The second-order valence-corrected chi connectivity index (χ2v) is 3.81. The zero-order valence-corrected chi connectivity index (χ0v) is 9.23. The first kappa shape index (κ1) is 9.13. The smallest absolute Gasteiger partial charge is 0.132 e. The lowest BCUT2D eigenvalue weighted by Gasteiger charge is -2.05. The highest BCUT2D eigenvalue weighted by atomic mass is 127. The van der Waals surface area contributed by atoms with Crippen LogP contribution in [-0.4, -0.2) is 7.11 Å². The summed E-state index contributed by atoms with van der Waals surface area (Å²) in [5.74, 6) is 0.882. The van der Waals surface area contributed by atoms with Gasteiger partial charge in [0, 0.05) is 5.02 Å². The predicted octanol–water partition coefficient (Wildman–Crippen LogP) is 3.26. The van der Waals surface area contributed by atoms with E-state index in [0.717, 1.165) is 19.9 Å². The summed E-state index contributed by atoms with van der Waals surface area (Å²) in [5.41, 5.74) is 1.05. The molecule has 11 heavy (non-hydrogen) atoms. The Hall–Kier alpha value is 0.0400. The van der Waals surface area contributed by atoms with E-state index in [-0.39, 0.29) is 0 Å². The van der Waals surface area contributed by atoms with Crippen LogP contribution < -0.4 is 4.74 Å². The maximum Gasteiger partial charge on any atom is 0.132 e. The summed E-state index contributed by atoms with van der Waals surface area (Å²) >= 11 is 8.08. The van der Waals surface area contributed by atoms with Crippen molar-refractivity contribution in [3.63, 3.8) is 0 Å². The van der Waals surface area contributed by atoms with Gasteiger partial charge in [0.2, 0.25) is 0 Å². The molecule has 0 saturated heterocycles. The summed E-state index contributed by atoms with van der Waals surface area (Å²) in [6.07, 6.45) is 0. The van der Waals surface area contributed by atoms with Crippen molar-refractivity contribution in [3.05, 3.63) is 26.3 Å². The molecule has 0 bridgehead atoms. The van der Waals surface area contributed by atoms with Crippen LogP contribution in [0.4, 0.5) is 0 Å². The number of benzene rings is 1. The number of aryl methyl sites for hydroxylation is 1. The quantitative estimate of drug-likeness (QED) is 0.718. The van der Waals surface area contributed by atoms with Crippen molar-refractivity contribution in [2.45, 2.75) is 6.92 Å². The van der Waals surface area contributed by atoms with Crippen LogP contribution in [0.3, 0.4) is 0 Å². The third kappa shape index (κ3) is 1.99. The minimum absolute atomic E-state index is 0.787. The van der Waals surface area contributed by atoms with Gasteiger partial charge in [-0.05, 0) is 47.2 Å². The third-order valence-electron chi connectivity index (χ3n) is 1.43. The van der Waals surface area contributed by atoms with Crippen molar-refractivity contribution in [3.8, 4) is 5.75 Å². The van der Waals surface area contributed by atoms with Gasteiger partial charge in [0.05, 0.1) is 10.7 Å². The van der Waals surface area contributed by atoms with Crippen LogP contribution in [0.1, 0.15) is 5.56 Å². The van der Waals surface area contributed by atoms with E-state index in [9.17, 15) is 0 Å². The minimum Gasteiger partial charge on any atom is -0.496 e. The highest BCUT2D eigenvalue weighted by Gasteiger charge is 2.02. The highest BCUT2D eigenvalue weighted by molar-refractivity contribution is 14.1. The molecule has 1 aromatic carbocycles. The van der Waals surface area contributed by atoms with Crippen LogP contribution in [0.5, 0.6) is 5.75 Å². The largest absolute Gasteiger partial charge is 0.496 e. The Morgan fingerprint density at radius 2 is 2.09 bits per heavy atom. The second-order valence-electron chi connectivity index (χ2n) is 2.24. The average Bonchev–Trinajstić information content (AvgIpc) is 1.97. The number of hydrogen-bond acceptors (Lipinski definition) is 1. The molecule has 60 valence electrons. The van der Waals surface area contributed by atoms with Crippen LogP contribution >= 0.6 is 34.2 Å². The SMILES string of the molecule is COc1cc(C)c(Cl)cc1I. The first-order valence-corrected chi connectivity index (χ1v) is 4.60. The van der Waals surface area contributed by atoms with Crippen molar-refractivity contribution < 1.29 is 4.74 Å². The molecule has 0 aliphatic carbocycles. The lowest BCUT2D eigenvalue weighted by atomic mass is 10.2. The molecule has 0 amide bonds. The summed E-state index contributed by atoms with van der Waals surface area (Å²) in [4.78, 5) is 0. The summed E-state index contributed by atoms with van der Waals surface area (Å²) in [6, 6.07) is 3.83.